The first-order chi connectivity index (χ1) is 15.5. The fourth-order valence-corrected chi connectivity index (χ4v) is 5.32. The Labute approximate surface area is 195 Å². The summed E-state index contributed by atoms with van der Waals surface area (Å²) >= 11 is 2.69. The van der Waals surface area contributed by atoms with E-state index in [4.69, 9.17) is 4.74 Å². The van der Waals surface area contributed by atoms with E-state index in [1.807, 2.05) is 35.7 Å². The van der Waals surface area contributed by atoms with Gasteiger partial charge in [-0.2, -0.15) is 0 Å². The molecule has 168 valence electrons. The first-order valence-corrected chi connectivity index (χ1v) is 12.6. The van der Waals surface area contributed by atoms with Gasteiger partial charge in [-0.25, -0.2) is 4.79 Å². The number of anilines is 1. The molecule has 3 aromatic rings. The molecule has 0 atom stereocenters. The molecular formula is C23H26N4O3S2. The van der Waals surface area contributed by atoms with E-state index in [9.17, 15) is 9.59 Å². The van der Waals surface area contributed by atoms with Gasteiger partial charge in [-0.05, 0) is 39.2 Å². The largest absolute Gasteiger partial charge is 0.462 e. The van der Waals surface area contributed by atoms with Crippen molar-refractivity contribution in [3.63, 3.8) is 0 Å². The van der Waals surface area contributed by atoms with Gasteiger partial charge in [-0.15, -0.1) is 21.5 Å². The number of nitrogens with zero attached hydrogens (tertiary/aromatic N) is 3. The number of ether oxygens (including phenoxy) is 1. The van der Waals surface area contributed by atoms with Crippen LogP contribution < -0.4 is 5.32 Å². The summed E-state index contributed by atoms with van der Waals surface area (Å²) in [4.78, 5) is 25.4. The molecule has 0 saturated heterocycles. The smallest absolute Gasteiger partial charge is 0.341 e. The summed E-state index contributed by atoms with van der Waals surface area (Å²) in [5.74, 6) is 1.04. The van der Waals surface area contributed by atoms with E-state index in [1.165, 1.54) is 23.1 Å². The number of rotatable bonds is 9. The van der Waals surface area contributed by atoms with Gasteiger partial charge in [0.25, 0.3) is 0 Å². The summed E-state index contributed by atoms with van der Waals surface area (Å²) in [6.45, 7) is 6.23. The minimum atomic E-state index is -0.441. The third kappa shape index (κ3) is 4.88. The van der Waals surface area contributed by atoms with Crippen LogP contribution in [0, 0.1) is 0 Å². The number of aromatic nitrogens is 3. The second-order valence-corrected chi connectivity index (χ2v) is 9.68. The Balaban J connectivity index is 1.50. The number of amides is 1. The molecule has 0 aliphatic heterocycles. The topological polar surface area (TPSA) is 86.1 Å². The van der Waals surface area contributed by atoms with Crippen molar-refractivity contribution in [1.29, 1.82) is 0 Å². The van der Waals surface area contributed by atoms with E-state index in [-0.39, 0.29) is 24.3 Å². The molecule has 1 saturated carbocycles. The summed E-state index contributed by atoms with van der Waals surface area (Å²) in [6.07, 6.45) is 2.30. The number of hydrogen-bond donors (Lipinski definition) is 1. The summed E-state index contributed by atoms with van der Waals surface area (Å²) in [5.41, 5.74) is 2.05. The van der Waals surface area contributed by atoms with Crippen molar-refractivity contribution >= 4 is 40.0 Å². The van der Waals surface area contributed by atoms with Crippen LogP contribution in [0.1, 0.15) is 61.8 Å². The van der Waals surface area contributed by atoms with E-state index in [2.05, 4.69) is 33.9 Å². The Hall–Kier alpha value is -2.65. The van der Waals surface area contributed by atoms with Crippen LogP contribution in [0.4, 0.5) is 5.00 Å². The van der Waals surface area contributed by atoms with Gasteiger partial charge in [0.1, 0.15) is 16.4 Å². The molecule has 1 N–H and O–H groups in total. The van der Waals surface area contributed by atoms with Gasteiger partial charge in [0.15, 0.2) is 5.16 Å². The highest BCUT2D eigenvalue weighted by atomic mass is 32.2. The molecule has 1 amide bonds. The fraction of sp³-hybridized carbons (Fsp3) is 0.391. The third-order valence-electron chi connectivity index (χ3n) is 5.09. The standard InChI is InChI=1S/C23H26N4O3S2/c1-4-30-22(29)19-17(15-8-6-5-7-9-15)12-31-21(19)24-18(28)13-32-23-26-25-20(16-10-11-16)27(23)14(2)3/h5-9,12,14,16H,4,10-11,13H2,1-3H3,(H,24,28). The van der Waals surface area contributed by atoms with Gasteiger partial charge in [-0.3, -0.25) is 4.79 Å². The zero-order chi connectivity index (χ0) is 22.7. The monoisotopic (exact) mass is 470 g/mol. The Morgan fingerprint density at radius 1 is 1.25 bits per heavy atom. The number of thiophene rings is 1. The second-order valence-electron chi connectivity index (χ2n) is 7.86. The molecule has 4 rings (SSSR count). The minimum absolute atomic E-state index is 0.177. The van der Waals surface area contributed by atoms with Gasteiger partial charge in [0.05, 0.1) is 12.4 Å². The predicted molar refractivity (Wildman–Crippen MR) is 127 cm³/mol. The van der Waals surface area contributed by atoms with Crippen molar-refractivity contribution in [3.8, 4) is 11.1 Å². The molecule has 2 aromatic heterocycles. The summed E-state index contributed by atoms with van der Waals surface area (Å²) in [5, 5.41) is 14.7. The van der Waals surface area contributed by atoms with E-state index in [0.29, 0.717) is 16.5 Å². The minimum Gasteiger partial charge on any atom is -0.462 e. The second kappa shape index (κ2) is 9.87. The zero-order valence-corrected chi connectivity index (χ0v) is 20.0. The van der Waals surface area contributed by atoms with Crippen molar-refractivity contribution in [1.82, 2.24) is 14.8 Å². The molecule has 0 bridgehead atoms. The lowest BCUT2D eigenvalue weighted by atomic mass is 10.0. The van der Waals surface area contributed by atoms with Gasteiger partial charge < -0.3 is 14.6 Å². The summed E-state index contributed by atoms with van der Waals surface area (Å²) in [7, 11) is 0. The van der Waals surface area contributed by atoms with Crippen LogP contribution in [-0.4, -0.2) is 39.0 Å². The lowest BCUT2D eigenvalue weighted by Gasteiger charge is -2.13. The van der Waals surface area contributed by atoms with Crippen LogP contribution in [0.15, 0.2) is 40.9 Å². The van der Waals surface area contributed by atoms with Gasteiger partial charge in [0, 0.05) is 22.9 Å². The molecular weight excluding hydrogens is 444 g/mol. The van der Waals surface area contributed by atoms with E-state index < -0.39 is 5.97 Å². The van der Waals surface area contributed by atoms with Crippen LogP contribution in [-0.2, 0) is 9.53 Å². The van der Waals surface area contributed by atoms with Crippen molar-refractivity contribution in [2.75, 3.05) is 17.7 Å². The number of carbonyl (C=O) groups excluding carboxylic acids is 2. The van der Waals surface area contributed by atoms with Gasteiger partial charge in [0.2, 0.25) is 5.91 Å². The number of esters is 1. The number of carbonyl (C=O) groups is 2. The van der Waals surface area contributed by atoms with Crippen molar-refractivity contribution < 1.29 is 14.3 Å². The maximum Gasteiger partial charge on any atom is 0.341 e. The van der Waals surface area contributed by atoms with Crippen molar-refractivity contribution in [2.45, 2.75) is 50.7 Å². The highest BCUT2D eigenvalue weighted by Gasteiger charge is 2.31. The van der Waals surface area contributed by atoms with Gasteiger partial charge in [-0.1, -0.05) is 42.1 Å². The summed E-state index contributed by atoms with van der Waals surface area (Å²) < 4.78 is 7.39. The van der Waals surface area contributed by atoms with Crippen LogP contribution in [0.2, 0.25) is 0 Å². The molecule has 32 heavy (non-hydrogen) atoms. The lowest BCUT2D eigenvalue weighted by molar-refractivity contribution is -0.113. The Morgan fingerprint density at radius 2 is 2.00 bits per heavy atom. The van der Waals surface area contributed by atoms with E-state index >= 15 is 0 Å². The molecule has 2 heterocycles. The lowest BCUT2D eigenvalue weighted by Crippen LogP contribution is -2.17. The Kier molecular flexibility index (Phi) is 6.95. The van der Waals surface area contributed by atoms with Crippen LogP contribution in [0.5, 0.6) is 0 Å². The number of hydrogen-bond acceptors (Lipinski definition) is 7. The summed E-state index contributed by atoms with van der Waals surface area (Å²) in [6, 6.07) is 9.84. The maximum atomic E-state index is 12.8. The molecule has 1 fully saturated rings. The van der Waals surface area contributed by atoms with Gasteiger partial charge >= 0.3 is 5.97 Å². The number of benzene rings is 1. The van der Waals surface area contributed by atoms with E-state index in [0.717, 1.165) is 34.9 Å². The first-order valence-electron chi connectivity index (χ1n) is 10.7. The maximum absolute atomic E-state index is 12.8. The average Bonchev–Trinajstić information content (AvgIpc) is 3.39. The first kappa shape index (κ1) is 22.5. The molecule has 9 heteroatoms. The van der Waals surface area contributed by atoms with Crippen molar-refractivity contribution in [2.24, 2.45) is 0 Å². The Morgan fingerprint density at radius 3 is 2.66 bits per heavy atom. The molecule has 7 nitrogen and oxygen atoms in total. The van der Waals surface area contributed by atoms with Crippen LogP contribution >= 0.6 is 23.1 Å². The van der Waals surface area contributed by atoms with Crippen LogP contribution in [0.3, 0.4) is 0 Å². The zero-order valence-electron chi connectivity index (χ0n) is 18.3. The SMILES string of the molecule is CCOC(=O)c1c(-c2ccccc2)csc1NC(=O)CSc1nnc(C2CC2)n1C(C)C. The molecule has 0 spiro atoms. The fourth-order valence-electron chi connectivity index (χ4n) is 3.47. The quantitative estimate of drug-likeness (QED) is 0.334. The average molecular weight is 471 g/mol. The van der Waals surface area contributed by atoms with E-state index in [1.54, 1.807) is 6.92 Å². The molecule has 0 unspecified atom stereocenters. The highest BCUT2D eigenvalue weighted by molar-refractivity contribution is 7.99. The normalized spacial score (nSPS) is 13.4. The number of thioether (sulfide) groups is 1. The number of nitrogens with one attached hydrogen (secondary N) is 1. The molecule has 1 aliphatic carbocycles. The molecule has 0 radical (unpaired) electrons. The predicted octanol–water partition coefficient (Wildman–Crippen LogP) is 5.37. The Bertz CT molecular complexity index is 1100. The van der Waals surface area contributed by atoms with Crippen LogP contribution in [0.25, 0.3) is 11.1 Å². The third-order valence-corrected chi connectivity index (χ3v) is 6.93. The highest BCUT2D eigenvalue weighted by Crippen LogP contribution is 2.41. The molecule has 1 aliphatic rings. The molecule has 1 aromatic carbocycles. The van der Waals surface area contributed by atoms with Crippen molar-refractivity contribution in [3.05, 3.63) is 47.1 Å².